The largest absolute Gasteiger partial charge is 0.462 e. The van der Waals surface area contributed by atoms with Gasteiger partial charge >= 0.3 is 5.97 Å². The molecule has 1 aliphatic rings. The third kappa shape index (κ3) is 5.79. The van der Waals surface area contributed by atoms with Gasteiger partial charge in [-0.2, -0.15) is 0 Å². The number of amides is 1. The van der Waals surface area contributed by atoms with Gasteiger partial charge in [0.25, 0.3) is 0 Å². The number of nitrogens with zero attached hydrogens (tertiary/aromatic N) is 2. The molecule has 0 saturated carbocycles. The van der Waals surface area contributed by atoms with Crippen LogP contribution in [-0.2, 0) is 22.4 Å². The Kier molecular flexibility index (Phi) is 7.66. The Balaban J connectivity index is 1.66. The van der Waals surface area contributed by atoms with Gasteiger partial charge < -0.3 is 10.1 Å². The van der Waals surface area contributed by atoms with E-state index >= 15 is 0 Å². The number of nitrogens with one attached hydrogen (secondary N) is 1. The van der Waals surface area contributed by atoms with Crippen LogP contribution < -0.4 is 5.32 Å². The first-order chi connectivity index (χ1) is 14.0. The first-order valence-electron chi connectivity index (χ1n) is 10.0. The Morgan fingerprint density at radius 1 is 1.17 bits per heavy atom. The lowest BCUT2D eigenvalue weighted by Crippen LogP contribution is -2.15. The van der Waals surface area contributed by atoms with Crippen molar-refractivity contribution in [2.24, 2.45) is 0 Å². The molecule has 156 valence electrons. The lowest BCUT2D eigenvalue weighted by molar-refractivity contribution is -0.115. The summed E-state index contributed by atoms with van der Waals surface area (Å²) in [6.45, 7) is 5.99. The monoisotopic (exact) mass is 433 g/mol. The summed E-state index contributed by atoms with van der Waals surface area (Å²) in [4.78, 5) is 35.1. The second kappa shape index (κ2) is 10.2. The molecule has 2 aromatic heterocycles. The summed E-state index contributed by atoms with van der Waals surface area (Å²) in [7, 11) is 0. The third-order valence-corrected chi connectivity index (χ3v) is 6.73. The molecule has 2 heterocycles. The number of fused-ring (bicyclic) bond motifs is 1. The standard InChI is InChI=1S/C21H27N3O3S2/c1-4-27-20(26)18-15-8-6-5-7-9-16(15)29-19(18)24-17(25)10-11-28-21-22-13(2)12-14(3)23-21/h12H,4-11H2,1-3H3,(H,24,25). The maximum Gasteiger partial charge on any atom is 0.341 e. The van der Waals surface area contributed by atoms with Crippen molar-refractivity contribution in [3.05, 3.63) is 33.5 Å². The van der Waals surface area contributed by atoms with Crippen molar-refractivity contribution in [1.29, 1.82) is 0 Å². The van der Waals surface area contributed by atoms with Gasteiger partial charge in [0.1, 0.15) is 5.00 Å². The first kappa shape index (κ1) is 21.8. The minimum absolute atomic E-state index is 0.108. The second-order valence-corrected chi connectivity index (χ2v) is 9.24. The van der Waals surface area contributed by atoms with E-state index in [0.717, 1.165) is 42.6 Å². The van der Waals surface area contributed by atoms with Crippen LogP contribution in [0.2, 0.25) is 0 Å². The van der Waals surface area contributed by atoms with Gasteiger partial charge in [-0.05, 0) is 58.1 Å². The van der Waals surface area contributed by atoms with Gasteiger partial charge in [-0.1, -0.05) is 18.2 Å². The predicted molar refractivity (Wildman–Crippen MR) is 117 cm³/mol. The van der Waals surface area contributed by atoms with Crippen LogP contribution in [0.5, 0.6) is 0 Å². The van der Waals surface area contributed by atoms with Gasteiger partial charge in [-0.15, -0.1) is 11.3 Å². The average molecular weight is 434 g/mol. The van der Waals surface area contributed by atoms with Crippen molar-refractivity contribution in [2.75, 3.05) is 17.7 Å². The van der Waals surface area contributed by atoms with E-state index in [4.69, 9.17) is 4.74 Å². The Hall–Kier alpha value is -1.93. The van der Waals surface area contributed by atoms with Crippen LogP contribution in [0.1, 0.15) is 64.8 Å². The van der Waals surface area contributed by atoms with Crippen molar-refractivity contribution in [2.45, 2.75) is 64.5 Å². The maximum absolute atomic E-state index is 12.6. The number of hydrogen-bond donors (Lipinski definition) is 1. The van der Waals surface area contributed by atoms with Gasteiger partial charge in [0.15, 0.2) is 5.16 Å². The summed E-state index contributed by atoms with van der Waals surface area (Å²) in [5.74, 6) is 0.137. The van der Waals surface area contributed by atoms with Crippen LogP contribution in [0.15, 0.2) is 11.2 Å². The molecule has 1 aliphatic carbocycles. The molecular formula is C21H27N3O3S2. The van der Waals surface area contributed by atoms with Crippen LogP contribution in [0.25, 0.3) is 0 Å². The number of thiophene rings is 1. The molecule has 0 spiro atoms. The Bertz CT molecular complexity index is 875. The van der Waals surface area contributed by atoms with E-state index in [-0.39, 0.29) is 11.9 Å². The molecule has 29 heavy (non-hydrogen) atoms. The van der Waals surface area contributed by atoms with E-state index in [1.165, 1.54) is 34.4 Å². The molecule has 8 heteroatoms. The van der Waals surface area contributed by atoms with E-state index in [9.17, 15) is 9.59 Å². The molecule has 0 bridgehead atoms. The first-order valence-corrected chi connectivity index (χ1v) is 11.8. The number of carbonyl (C=O) groups excluding carboxylic acids is 2. The number of aromatic nitrogens is 2. The predicted octanol–water partition coefficient (Wildman–Crippen LogP) is 4.72. The highest BCUT2D eigenvalue weighted by molar-refractivity contribution is 7.99. The van der Waals surface area contributed by atoms with E-state index in [0.29, 0.717) is 34.5 Å². The molecule has 3 rings (SSSR count). The lowest BCUT2D eigenvalue weighted by Gasteiger charge is -2.08. The lowest BCUT2D eigenvalue weighted by atomic mass is 10.1. The Morgan fingerprint density at radius 2 is 1.90 bits per heavy atom. The van der Waals surface area contributed by atoms with Gasteiger partial charge in [-0.3, -0.25) is 4.79 Å². The minimum atomic E-state index is -0.333. The molecule has 0 radical (unpaired) electrons. The quantitative estimate of drug-likeness (QED) is 0.294. The number of aryl methyl sites for hydroxylation is 3. The summed E-state index contributed by atoms with van der Waals surface area (Å²) in [5.41, 5.74) is 3.47. The number of esters is 1. The fourth-order valence-electron chi connectivity index (χ4n) is 3.43. The number of thioether (sulfide) groups is 1. The van der Waals surface area contributed by atoms with Crippen molar-refractivity contribution < 1.29 is 14.3 Å². The topological polar surface area (TPSA) is 81.2 Å². The summed E-state index contributed by atoms with van der Waals surface area (Å²) >= 11 is 2.99. The van der Waals surface area contributed by atoms with E-state index in [2.05, 4.69) is 15.3 Å². The van der Waals surface area contributed by atoms with E-state index in [1.54, 1.807) is 6.92 Å². The average Bonchev–Trinajstić information content (AvgIpc) is 2.81. The molecule has 6 nitrogen and oxygen atoms in total. The molecule has 1 amide bonds. The fourth-order valence-corrected chi connectivity index (χ4v) is 5.61. The molecule has 0 unspecified atom stereocenters. The van der Waals surface area contributed by atoms with Crippen LogP contribution in [0.4, 0.5) is 5.00 Å². The zero-order valence-electron chi connectivity index (χ0n) is 17.2. The smallest absolute Gasteiger partial charge is 0.341 e. The molecule has 0 aromatic carbocycles. The number of hydrogen-bond acceptors (Lipinski definition) is 7. The second-order valence-electron chi connectivity index (χ2n) is 7.07. The van der Waals surface area contributed by atoms with Gasteiger partial charge in [0.2, 0.25) is 5.91 Å². The minimum Gasteiger partial charge on any atom is -0.462 e. The third-order valence-electron chi connectivity index (χ3n) is 4.68. The van der Waals surface area contributed by atoms with Crippen molar-refractivity contribution in [3.63, 3.8) is 0 Å². The molecule has 2 aromatic rings. The highest BCUT2D eigenvalue weighted by Crippen LogP contribution is 2.38. The SMILES string of the molecule is CCOC(=O)c1c(NC(=O)CCSc2nc(C)cc(C)n2)sc2c1CCCCC2. The maximum atomic E-state index is 12.6. The van der Waals surface area contributed by atoms with Crippen molar-refractivity contribution in [3.8, 4) is 0 Å². The summed E-state index contributed by atoms with van der Waals surface area (Å²) in [6, 6.07) is 1.93. The van der Waals surface area contributed by atoms with Crippen LogP contribution in [0, 0.1) is 13.8 Å². The normalized spacial score (nSPS) is 13.5. The van der Waals surface area contributed by atoms with Gasteiger partial charge in [-0.25, -0.2) is 14.8 Å². The van der Waals surface area contributed by atoms with Crippen molar-refractivity contribution >= 4 is 40.0 Å². The number of anilines is 1. The highest BCUT2D eigenvalue weighted by Gasteiger charge is 2.26. The molecule has 0 saturated heterocycles. The zero-order valence-corrected chi connectivity index (χ0v) is 18.8. The highest BCUT2D eigenvalue weighted by atomic mass is 32.2. The summed E-state index contributed by atoms with van der Waals surface area (Å²) < 4.78 is 5.27. The molecule has 0 atom stereocenters. The zero-order chi connectivity index (χ0) is 20.8. The molecule has 0 aliphatic heterocycles. The van der Waals surface area contributed by atoms with Gasteiger partial charge in [0, 0.05) is 28.4 Å². The Morgan fingerprint density at radius 3 is 2.62 bits per heavy atom. The summed E-state index contributed by atoms with van der Waals surface area (Å²) in [5, 5.41) is 4.28. The van der Waals surface area contributed by atoms with Crippen LogP contribution in [-0.4, -0.2) is 34.2 Å². The van der Waals surface area contributed by atoms with E-state index < -0.39 is 0 Å². The number of carbonyl (C=O) groups is 2. The van der Waals surface area contributed by atoms with Crippen molar-refractivity contribution in [1.82, 2.24) is 9.97 Å². The Labute approximate surface area is 179 Å². The number of rotatable bonds is 7. The molecular weight excluding hydrogens is 406 g/mol. The summed E-state index contributed by atoms with van der Waals surface area (Å²) in [6.07, 6.45) is 5.51. The number of ether oxygens (including phenoxy) is 1. The molecule has 1 N–H and O–H groups in total. The van der Waals surface area contributed by atoms with Crippen LogP contribution >= 0.6 is 23.1 Å². The van der Waals surface area contributed by atoms with Gasteiger partial charge in [0.05, 0.1) is 12.2 Å². The van der Waals surface area contributed by atoms with Crippen LogP contribution in [0.3, 0.4) is 0 Å². The fraction of sp³-hybridized carbons (Fsp3) is 0.524. The van der Waals surface area contributed by atoms with E-state index in [1.807, 2.05) is 19.9 Å². The molecule has 0 fully saturated rings.